The highest BCUT2D eigenvalue weighted by atomic mass is 16.6. The molecule has 0 spiro atoms. The van der Waals surface area contributed by atoms with Crippen molar-refractivity contribution in [3.05, 3.63) is 58.0 Å². The summed E-state index contributed by atoms with van der Waals surface area (Å²) in [7, 11) is 0. The number of nitro groups is 1. The monoisotopic (exact) mass is 484 g/mol. The number of furan rings is 1. The molecule has 2 aliphatic heterocycles. The second-order valence-corrected chi connectivity index (χ2v) is 8.86. The minimum atomic E-state index is -0.799. The second-order valence-electron chi connectivity index (χ2n) is 8.86. The van der Waals surface area contributed by atoms with E-state index < -0.39 is 23.4 Å². The van der Waals surface area contributed by atoms with Crippen molar-refractivity contribution in [2.45, 2.75) is 19.8 Å². The van der Waals surface area contributed by atoms with Crippen molar-refractivity contribution in [2.75, 3.05) is 50.8 Å². The molecular formula is C24H28N4O7. The largest absolute Gasteiger partial charge is 0.459 e. The lowest BCUT2D eigenvalue weighted by molar-refractivity contribution is -0.384. The van der Waals surface area contributed by atoms with Crippen LogP contribution in [0.25, 0.3) is 0 Å². The number of piperazine rings is 1. The Bertz CT molecular complexity index is 1090. The Morgan fingerprint density at radius 3 is 2.37 bits per heavy atom. The molecular weight excluding hydrogens is 456 g/mol. The SMILES string of the molecule is CC1CCN(c2ccc(C(=O)OCC(=O)N3CCN(C(=O)c4ccco4)CC3)cc2[N+](=O)[O-])CC1. The van der Waals surface area contributed by atoms with Gasteiger partial charge in [0.05, 0.1) is 16.7 Å². The topological polar surface area (TPSA) is 126 Å². The molecule has 2 saturated heterocycles. The van der Waals surface area contributed by atoms with Gasteiger partial charge >= 0.3 is 5.97 Å². The number of esters is 1. The fourth-order valence-electron chi connectivity index (χ4n) is 4.33. The average Bonchev–Trinajstić information content (AvgIpc) is 3.42. The van der Waals surface area contributed by atoms with Gasteiger partial charge < -0.3 is 23.9 Å². The summed E-state index contributed by atoms with van der Waals surface area (Å²) in [6.45, 7) is 4.40. The van der Waals surface area contributed by atoms with E-state index in [0.29, 0.717) is 37.8 Å². The maximum atomic E-state index is 12.5. The number of piperidine rings is 1. The predicted octanol–water partition coefficient (Wildman–Crippen LogP) is 2.57. The van der Waals surface area contributed by atoms with Crippen molar-refractivity contribution in [1.29, 1.82) is 0 Å². The molecule has 0 saturated carbocycles. The van der Waals surface area contributed by atoms with E-state index in [9.17, 15) is 24.5 Å². The van der Waals surface area contributed by atoms with Crippen molar-refractivity contribution < 1.29 is 28.5 Å². The van der Waals surface area contributed by atoms with Crippen LogP contribution in [0.3, 0.4) is 0 Å². The smallest absolute Gasteiger partial charge is 0.338 e. The lowest BCUT2D eigenvalue weighted by atomic mass is 9.98. The molecule has 0 radical (unpaired) electrons. The molecule has 0 unspecified atom stereocenters. The van der Waals surface area contributed by atoms with Crippen molar-refractivity contribution in [2.24, 2.45) is 5.92 Å². The summed E-state index contributed by atoms with van der Waals surface area (Å²) in [5.41, 5.74) is 0.349. The average molecular weight is 485 g/mol. The number of nitrogens with zero attached hydrogens (tertiary/aromatic N) is 4. The number of amides is 2. The summed E-state index contributed by atoms with van der Waals surface area (Å²) in [5, 5.41) is 11.7. The highest BCUT2D eigenvalue weighted by molar-refractivity contribution is 5.93. The van der Waals surface area contributed by atoms with E-state index in [-0.39, 0.29) is 22.9 Å². The van der Waals surface area contributed by atoms with Gasteiger partial charge in [-0.25, -0.2) is 4.79 Å². The van der Waals surface area contributed by atoms with Gasteiger partial charge in [-0.2, -0.15) is 0 Å². The van der Waals surface area contributed by atoms with Gasteiger partial charge in [0, 0.05) is 45.3 Å². The highest BCUT2D eigenvalue weighted by Crippen LogP contribution is 2.32. The van der Waals surface area contributed by atoms with Crippen LogP contribution in [-0.2, 0) is 9.53 Å². The van der Waals surface area contributed by atoms with Crippen molar-refractivity contribution >= 4 is 29.2 Å². The molecule has 0 N–H and O–H groups in total. The molecule has 4 rings (SSSR count). The first-order chi connectivity index (χ1) is 16.8. The Hall–Kier alpha value is -3.89. The van der Waals surface area contributed by atoms with E-state index in [1.54, 1.807) is 23.1 Å². The Kier molecular flexibility index (Phi) is 7.33. The van der Waals surface area contributed by atoms with Crippen molar-refractivity contribution in [3.63, 3.8) is 0 Å². The third-order valence-corrected chi connectivity index (χ3v) is 6.51. The molecule has 2 aromatic rings. The van der Waals surface area contributed by atoms with E-state index in [2.05, 4.69) is 6.92 Å². The third kappa shape index (κ3) is 5.61. The van der Waals surface area contributed by atoms with E-state index in [4.69, 9.17) is 9.15 Å². The number of hydrogen-bond acceptors (Lipinski definition) is 8. The fraction of sp³-hybridized carbons (Fsp3) is 0.458. The predicted molar refractivity (Wildman–Crippen MR) is 125 cm³/mol. The zero-order valence-electron chi connectivity index (χ0n) is 19.6. The summed E-state index contributed by atoms with van der Waals surface area (Å²) in [5.74, 6) is -0.605. The molecule has 3 heterocycles. The standard InChI is InChI=1S/C24H28N4O7/c1-17-6-8-25(9-7-17)19-5-4-18(15-20(19)28(32)33)24(31)35-16-22(29)26-10-12-27(13-11-26)23(30)21-3-2-14-34-21/h2-5,14-15,17H,6-13,16H2,1H3. The van der Waals surface area contributed by atoms with Crippen LogP contribution in [0.4, 0.5) is 11.4 Å². The van der Waals surface area contributed by atoms with Gasteiger partial charge in [-0.3, -0.25) is 19.7 Å². The molecule has 2 fully saturated rings. The minimum Gasteiger partial charge on any atom is -0.459 e. The third-order valence-electron chi connectivity index (χ3n) is 6.51. The molecule has 0 atom stereocenters. The number of carbonyl (C=O) groups excluding carboxylic acids is 3. The van der Waals surface area contributed by atoms with Crippen LogP contribution in [0.5, 0.6) is 0 Å². The molecule has 0 aliphatic carbocycles. The van der Waals surface area contributed by atoms with Gasteiger partial charge in [0.25, 0.3) is 17.5 Å². The number of benzene rings is 1. The van der Waals surface area contributed by atoms with E-state index in [1.807, 2.05) is 4.90 Å². The molecule has 2 amide bonds. The number of nitro benzene ring substituents is 1. The first-order valence-corrected chi connectivity index (χ1v) is 11.6. The summed E-state index contributed by atoms with van der Waals surface area (Å²) < 4.78 is 10.3. The van der Waals surface area contributed by atoms with Gasteiger partial charge in [0.15, 0.2) is 12.4 Å². The fourth-order valence-corrected chi connectivity index (χ4v) is 4.33. The molecule has 0 bridgehead atoms. The van der Waals surface area contributed by atoms with E-state index >= 15 is 0 Å². The molecule has 11 heteroatoms. The number of hydrogen-bond donors (Lipinski definition) is 0. The summed E-state index contributed by atoms with van der Waals surface area (Å²) in [4.78, 5) is 53.6. The molecule has 1 aromatic heterocycles. The van der Waals surface area contributed by atoms with Gasteiger partial charge in [-0.15, -0.1) is 0 Å². The van der Waals surface area contributed by atoms with E-state index in [0.717, 1.165) is 25.9 Å². The van der Waals surface area contributed by atoms with Crippen LogP contribution < -0.4 is 4.90 Å². The maximum Gasteiger partial charge on any atom is 0.338 e. The molecule has 2 aliphatic rings. The first-order valence-electron chi connectivity index (χ1n) is 11.6. The van der Waals surface area contributed by atoms with Crippen LogP contribution >= 0.6 is 0 Å². The highest BCUT2D eigenvalue weighted by Gasteiger charge is 2.28. The number of anilines is 1. The van der Waals surface area contributed by atoms with E-state index in [1.165, 1.54) is 23.3 Å². The van der Waals surface area contributed by atoms with Gasteiger partial charge in [-0.05, 0) is 43.0 Å². The summed E-state index contributed by atoms with van der Waals surface area (Å²) >= 11 is 0. The molecule has 11 nitrogen and oxygen atoms in total. The Morgan fingerprint density at radius 2 is 1.74 bits per heavy atom. The van der Waals surface area contributed by atoms with Gasteiger partial charge in [0.2, 0.25) is 0 Å². The lowest BCUT2D eigenvalue weighted by Crippen LogP contribution is -2.51. The van der Waals surface area contributed by atoms with Gasteiger partial charge in [-0.1, -0.05) is 6.92 Å². The lowest BCUT2D eigenvalue weighted by Gasteiger charge is -2.34. The van der Waals surface area contributed by atoms with Crippen LogP contribution in [0.2, 0.25) is 0 Å². The Balaban J connectivity index is 1.31. The van der Waals surface area contributed by atoms with Gasteiger partial charge in [0.1, 0.15) is 5.69 Å². The summed E-state index contributed by atoms with van der Waals surface area (Å²) in [6.07, 6.45) is 3.33. The Labute approximate surface area is 202 Å². The molecule has 186 valence electrons. The minimum absolute atomic E-state index is 0.0208. The summed E-state index contributed by atoms with van der Waals surface area (Å²) in [6, 6.07) is 7.49. The molecule has 35 heavy (non-hydrogen) atoms. The normalized spacial score (nSPS) is 16.8. The second kappa shape index (κ2) is 10.6. The first kappa shape index (κ1) is 24.2. The van der Waals surface area contributed by atoms with Crippen molar-refractivity contribution in [1.82, 2.24) is 9.80 Å². The number of ether oxygens (including phenoxy) is 1. The maximum absolute atomic E-state index is 12.5. The van der Waals surface area contributed by atoms with Crippen LogP contribution in [0.15, 0.2) is 41.0 Å². The van der Waals surface area contributed by atoms with Crippen LogP contribution in [0.1, 0.15) is 40.7 Å². The quantitative estimate of drug-likeness (QED) is 0.348. The zero-order chi connectivity index (χ0) is 24.9. The Morgan fingerprint density at radius 1 is 1.06 bits per heavy atom. The van der Waals surface area contributed by atoms with Crippen molar-refractivity contribution in [3.8, 4) is 0 Å². The van der Waals surface area contributed by atoms with Crippen LogP contribution in [0, 0.1) is 16.0 Å². The number of rotatable bonds is 6. The molecule has 1 aromatic carbocycles. The van der Waals surface area contributed by atoms with Crippen LogP contribution in [-0.4, -0.2) is 78.4 Å². The number of carbonyl (C=O) groups is 3. The zero-order valence-corrected chi connectivity index (χ0v) is 19.6.